The van der Waals surface area contributed by atoms with Crippen molar-refractivity contribution in [3.63, 3.8) is 0 Å². The summed E-state index contributed by atoms with van der Waals surface area (Å²) in [6.45, 7) is 7.19. The Kier molecular flexibility index (Phi) is 4.08. The zero-order valence-electron chi connectivity index (χ0n) is 12.2. The van der Waals surface area contributed by atoms with Crippen molar-refractivity contribution in [2.24, 2.45) is 0 Å². The Morgan fingerprint density at radius 3 is 2.17 bits per heavy atom. The predicted octanol–water partition coefficient (Wildman–Crippen LogP) is 2.95. The summed E-state index contributed by atoms with van der Waals surface area (Å²) in [5, 5.41) is 0. The lowest BCUT2D eigenvalue weighted by Crippen LogP contribution is -2.54. The number of nitrogens with zero attached hydrogens (tertiary/aromatic N) is 2. The fourth-order valence-electron chi connectivity index (χ4n) is 3.15. The van der Waals surface area contributed by atoms with Gasteiger partial charge in [0.2, 0.25) is 0 Å². The summed E-state index contributed by atoms with van der Waals surface area (Å²) < 4.78 is 0. The summed E-state index contributed by atoms with van der Waals surface area (Å²) in [7, 11) is 4.36. The van der Waals surface area contributed by atoms with Gasteiger partial charge in [-0.15, -0.1) is 0 Å². The molecule has 1 heterocycles. The van der Waals surface area contributed by atoms with E-state index in [2.05, 4.69) is 68.1 Å². The third-order valence-corrected chi connectivity index (χ3v) is 4.71. The first-order chi connectivity index (χ1) is 8.56. The average Bonchev–Trinajstić information content (AvgIpc) is 2.92. The molecule has 2 rings (SSSR count). The van der Waals surface area contributed by atoms with Crippen LogP contribution in [0.4, 0.5) is 0 Å². The molecule has 0 bridgehead atoms. The van der Waals surface area contributed by atoms with Crippen LogP contribution >= 0.6 is 0 Å². The zero-order valence-corrected chi connectivity index (χ0v) is 12.2. The number of rotatable bonds is 4. The summed E-state index contributed by atoms with van der Waals surface area (Å²) >= 11 is 0. The van der Waals surface area contributed by atoms with E-state index in [9.17, 15) is 0 Å². The number of benzene rings is 1. The fourth-order valence-corrected chi connectivity index (χ4v) is 3.15. The van der Waals surface area contributed by atoms with Crippen molar-refractivity contribution in [1.29, 1.82) is 0 Å². The van der Waals surface area contributed by atoms with Crippen molar-refractivity contribution in [2.45, 2.75) is 38.3 Å². The summed E-state index contributed by atoms with van der Waals surface area (Å²) in [6, 6.07) is 11.5. The SMILES string of the molecule is C[C@@H](N(C)C)[C@@](C)(c1ccccc1)N1CCCC1. The largest absolute Gasteiger partial charge is 0.305 e. The predicted molar refractivity (Wildman–Crippen MR) is 77.8 cm³/mol. The summed E-state index contributed by atoms with van der Waals surface area (Å²) in [6.07, 6.45) is 2.67. The normalized spacial score (nSPS) is 22.1. The van der Waals surface area contributed by atoms with Gasteiger partial charge >= 0.3 is 0 Å². The highest BCUT2D eigenvalue weighted by atomic mass is 15.3. The molecule has 1 aliphatic heterocycles. The standard InChI is InChI=1S/C16H26N2/c1-14(17(3)4)16(2,18-12-8-9-13-18)15-10-6-5-7-11-15/h5-7,10-11,14H,8-9,12-13H2,1-4H3/t14-,16+/m1/s1. The van der Waals surface area contributed by atoms with Crippen molar-refractivity contribution in [1.82, 2.24) is 9.80 Å². The molecule has 0 saturated carbocycles. The van der Waals surface area contributed by atoms with Crippen LogP contribution < -0.4 is 0 Å². The van der Waals surface area contributed by atoms with Gasteiger partial charge in [0.05, 0.1) is 5.54 Å². The quantitative estimate of drug-likeness (QED) is 0.806. The van der Waals surface area contributed by atoms with Crippen molar-refractivity contribution >= 4 is 0 Å². The van der Waals surface area contributed by atoms with E-state index >= 15 is 0 Å². The Balaban J connectivity index is 2.39. The molecule has 18 heavy (non-hydrogen) atoms. The van der Waals surface area contributed by atoms with Crippen LogP contribution in [0, 0.1) is 0 Å². The Labute approximate surface area is 112 Å². The van der Waals surface area contributed by atoms with Crippen molar-refractivity contribution in [2.75, 3.05) is 27.2 Å². The maximum Gasteiger partial charge on any atom is 0.0585 e. The summed E-state index contributed by atoms with van der Waals surface area (Å²) in [4.78, 5) is 5.00. The molecule has 2 heteroatoms. The van der Waals surface area contributed by atoms with Gasteiger partial charge < -0.3 is 4.90 Å². The molecule has 2 nitrogen and oxygen atoms in total. The second-order valence-electron chi connectivity index (χ2n) is 5.85. The van der Waals surface area contributed by atoms with Crippen LogP contribution in [0.25, 0.3) is 0 Å². The fraction of sp³-hybridized carbons (Fsp3) is 0.625. The number of likely N-dealkylation sites (tertiary alicyclic amines) is 1. The maximum atomic E-state index is 2.66. The van der Waals surface area contributed by atoms with Gasteiger partial charge in [-0.05, 0) is 59.4 Å². The Morgan fingerprint density at radius 2 is 1.67 bits per heavy atom. The topological polar surface area (TPSA) is 6.48 Å². The van der Waals surface area contributed by atoms with Crippen LogP contribution in [0.1, 0.15) is 32.3 Å². The molecule has 1 aromatic rings. The summed E-state index contributed by atoms with van der Waals surface area (Å²) in [5.41, 5.74) is 1.55. The van der Waals surface area contributed by atoms with Gasteiger partial charge in [-0.1, -0.05) is 30.3 Å². The van der Waals surface area contributed by atoms with E-state index < -0.39 is 0 Å². The molecule has 1 fully saturated rings. The van der Waals surface area contributed by atoms with Crippen LogP contribution in [0.15, 0.2) is 30.3 Å². The zero-order chi connectivity index (χ0) is 13.2. The molecule has 0 unspecified atom stereocenters. The van der Waals surface area contributed by atoms with Gasteiger partial charge in [0.1, 0.15) is 0 Å². The lowest BCUT2D eigenvalue weighted by Gasteiger charge is -2.46. The van der Waals surface area contributed by atoms with Gasteiger partial charge in [-0.2, -0.15) is 0 Å². The van der Waals surface area contributed by atoms with E-state index in [0.717, 1.165) is 0 Å². The van der Waals surface area contributed by atoms with Crippen LogP contribution in [0.2, 0.25) is 0 Å². The van der Waals surface area contributed by atoms with Crippen LogP contribution in [-0.2, 0) is 5.54 Å². The monoisotopic (exact) mass is 246 g/mol. The lowest BCUT2D eigenvalue weighted by molar-refractivity contribution is 0.0486. The second-order valence-corrected chi connectivity index (χ2v) is 5.85. The first-order valence-corrected chi connectivity index (χ1v) is 7.04. The molecule has 0 spiro atoms. The third kappa shape index (κ3) is 2.32. The van der Waals surface area contributed by atoms with E-state index in [-0.39, 0.29) is 5.54 Å². The molecule has 1 saturated heterocycles. The molecule has 1 aliphatic rings. The number of likely N-dealkylation sites (N-methyl/N-ethyl adjacent to an activating group) is 1. The van der Waals surface area contributed by atoms with Gasteiger partial charge in [0.25, 0.3) is 0 Å². The van der Waals surface area contributed by atoms with E-state index in [1.807, 2.05) is 0 Å². The molecule has 0 radical (unpaired) electrons. The van der Waals surface area contributed by atoms with Crippen LogP contribution in [0.5, 0.6) is 0 Å². The molecule has 0 N–H and O–H groups in total. The van der Waals surface area contributed by atoms with Gasteiger partial charge in [0.15, 0.2) is 0 Å². The van der Waals surface area contributed by atoms with Gasteiger partial charge in [0, 0.05) is 6.04 Å². The van der Waals surface area contributed by atoms with Crippen molar-refractivity contribution in [3.05, 3.63) is 35.9 Å². The highest BCUT2D eigenvalue weighted by Crippen LogP contribution is 2.36. The highest BCUT2D eigenvalue weighted by molar-refractivity contribution is 5.26. The molecular formula is C16H26N2. The molecule has 0 aliphatic carbocycles. The van der Waals surface area contributed by atoms with Crippen molar-refractivity contribution in [3.8, 4) is 0 Å². The lowest BCUT2D eigenvalue weighted by atomic mass is 9.83. The first-order valence-electron chi connectivity index (χ1n) is 7.04. The Bertz CT molecular complexity index is 364. The van der Waals surface area contributed by atoms with E-state index in [0.29, 0.717) is 6.04 Å². The van der Waals surface area contributed by atoms with Gasteiger partial charge in [-0.3, -0.25) is 4.90 Å². The van der Waals surface area contributed by atoms with E-state index in [4.69, 9.17) is 0 Å². The molecule has 0 amide bonds. The molecule has 100 valence electrons. The minimum atomic E-state index is 0.112. The molecular weight excluding hydrogens is 220 g/mol. The van der Waals surface area contributed by atoms with Crippen LogP contribution in [-0.4, -0.2) is 43.0 Å². The third-order valence-electron chi connectivity index (χ3n) is 4.71. The van der Waals surface area contributed by atoms with Crippen LogP contribution in [0.3, 0.4) is 0 Å². The average molecular weight is 246 g/mol. The first kappa shape index (κ1) is 13.6. The highest BCUT2D eigenvalue weighted by Gasteiger charge is 2.40. The maximum absolute atomic E-state index is 2.66. The Hall–Kier alpha value is -0.860. The molecule has 2 atom stereocenters. The minimum Gasteiger partial charge on any atom is -0.305 e. The van der Waals surface area contributed by atoms with Gasteiger partial charge in [-0.25, -0.2) is 0 Å². The molecule has 1 aromatic carbocycles. The minimum absolute atomic E-state index is 0.112. The molecule has 0 aromatic heterocycles. The summed E-state index contributed by atoms with van der Waals surface area (Å²) in [5.74, 6) is 0. The number of hydrogen-bond donors (Lipinski definition) is 0. The Morgan fingerprint density at radius 1 is 1.11 bits per heavy atom. The van der Waals surface area contributed by atoms with Crippen molar-refractivity contribution < 1.29 is 0 Å². The smallest absolute Gasteiger partial charge is 0.0585 e. The number of hydrogen-bond acceptors (Lipinski definition) is 2. The second kappa shape index (κ2) is 5.41. The van der Waals surface area contributed by atoms with E-state index in [1.54, 1.807) is 0 Å². The van der Waals surface area contributed by atoms with E-state index in [1.165, 1.54) is 31.5 Å².